The van der Waals surface area contributed by atoms with Crippen molar-refractivity contribution in [3.63, 3.8) is 0 Å². The van der Waals surface area contributed by atoms with Gasteiger partial charge in [-0.05, 0) is 41.5 Å². The molecule has 0 atom stereocenters. The Balaban J connectivity index is 2.40. The van der Waals surface area contributed by atoms with Gasteiger partial charge in [0.25, 0.3) is 0 Å². The van der Waals surface area contributed by atoms with Crippen LogP contribution in [0.3, 0.4) is 0 Å². The van der Waals surface area contributed by atoms with Gasteiger partial charge in [-0.25, -0.2) is 13.2 Å². The maximum atomic E-state index is 13.5. The van der Waals surface area contributed by atoms with Gasteiger partial charge in [0.05, 0.1) is 9.79 Å². The first kappa shape index (κ1) is 18.9. The first-order valence-electron chi connectivity index (χ1n) is 8.49. The van der Waals surface area contributed by atoms with Crippen molar-refractivity contribution in [2.45, 2.75) is 36.5 Å². The van der Waals surface area contributed by atoms with Gasteiger partial charge in [-0.3, -0.25) is 0 Å². The van der Waals surface area contributed by atoms with Gasteiger partial charge >= 0.3 is 5.97 Å². The number of sulfone groups is 1. The lowest BCUT2D eigenvalue weighted by atomic mass is 9.96. The lowest BCUT2D eigenvalue weighted by Gasteiger charge is -2.18. The van der Waals surface area contributed by atoms with Gasteiger partial charge < -0.3 is 10.2 Å². The lowest BCUT2D eigenvalue weighted by Crippen LogP contribution is -2.11. The second-order valence-corrected chi connectivity index (χ2v) is 8.64. The van der Waals surface area contributed by atoms with Crippen LogP contribution >= 0.6 is 0 Å². The summed E-state index contributed by atoms with van der Waals surface area (Å²) >= 11 is 0. The van der Waals surface area contributed by atoms with Crippen LogP contribution in [0, 0.1) is 6.92 Å². The summed E-state index contributed by atoms with van der Waals surface area (Å²) in [5.41, 5.74) is -0.0610. The fourth-order valence-corrected chi connectivity index (χ4v) is 5.05. The third-order valence-corrected chi connectivity index (χ3v) is 6.64. The van der Waals surface area contributed by atoms with Crippen molar-refractivity contribution in [1.82, 2.24) is 0 Å². The molecule has 0 bridgehead atoms. The smallest absolute Gasteiger partial charge is 0.339 e. The Bertz CT molecular complexity index is 1160. The maximum Gasteiger partial charge on any atom is 0.339 e. The molecule has 0 aliphatic carbocycles. The van der Waals surface area contributed by atoms with Crippen molar-refractivity contribution < 1.29 is 23.4 Å². The summed E-state index contributed by atoms with van der Waals surface area (Å²) in [6.07, 6.45) is 0. The first-order chi connectivity index (χ1) is 12.7. The normalized spacial score (nSPS) is 11.9. The van der Waals surface area contributed by atoms with Gasteiger partial charge in [-0.2, -0.15) is 0 Å². The molecule has 0 amide bonds. The molecule has 0 radical (unpaired) electrons. The molecule has 27 heavy (non-hydrogen) atoms. The molecule has 140 valence electrons. The van der Waals surface area contributed by atoms with Gasteiger partial charge in [0.2, 0.25) is 9.84 Å². The molecule has 3 aromatic rings. The number of carbonyl (C=O) groups is 1. The second-order valence-electron chi connectivity index (χ2n) is 6.75. The molecule has 0 aliphatic heterocycles. The lowest BCUT2D eigenvalue weighted by molar-refractivity contribution is 0.0692. The average Bonchev–Trinajstić information content (AvgIpc) is 2.60. The number of rotatable bonds is 4. The van der Waals surface area contributed by atoms with Crippen molar-refractivity contribution in [1.29, 1.82) is 0 Å². The summed E-state index contributed by atoms with van der Waals surface area (Å²) in [7, 11) is -4.00. The van der Waals surface area contributed by atoms with E-state index in [1.807, 2.05) is 18.2 Å². The number of hydrogen-bond donors (Lipinski definition) is 2. The van der Waals surface area contributed by atoms with Gasteiger partial charge in [0.15, 0.2) is 0 Å². The van der Waals surface area contributed by atoms with E-state index in [1.165, 1.54) is 19.1 Å². The van der Waals surface area contributed by atoms with Crippen LogP contribution in [0.1, 0.15) is 41.3 Å². The molecule has 0 aromatic heterocycles. The molecule has 3 rings (SSSR count). The minimum atomic E-state index is -4.00. The minimum absolute atomic E-state index is 0.0253. The average molecular weight is 384 g/mol. The zero-order valence-corrected chi connectivity index (χ0v) is 16.0. The summed E-state index contributed by atoms with van der Waals surface area (Å²) in [6.45, 7) is 4.94. The highest BCUT2D eigenvalue weighted by molar-refractivity contribution is 7.91. The fraction of sp³-hybridized carbons (Fsp3) is 0.190. The summed E-state index contributed by atoms with van der Waals surface area (Å²) in [4.78, 5) is 11.7. The fourth-order valence-electron chi connectivity index (χ4n) is 3.29. The number of aromatic carboxylic acids is 1. The predicted octanol–water partition coefficient (Wildman–Crippen LogP) is 4.51. The zero-order valence-electron chi connectivity index (χ0n) is 15.2. The van der Waals surface area contributed by atoms with E-state index in [-0.39, 0.29) is 38.1 Å². The predicted molar refractivity (Wildman–Crippen MR) is 103 cm³/mol. The maximum absolute atomic E-state index is 13.5. The van der Waals surface area contributed by atoms with Crippen LogP contribution in [-0.4, -0.2) is 24.6 Å². The van der Waals surface area contributed by atoms with Crippen molar-refractivity contribution >= 4 is 26.6 Å². The first-order valence-corrected chi connectivity index (χ1v) is 9.97. The van der Waals surface area contributed by atoms with E-state index in [4.69, 9.17) is 0 Å². The highest BCUT2D eigenvalue weighted by atomic mass is 32.2. The number of benzene rings is 3. The Morgan fingerprint density at radius 2 is 1.63 bits per heavy atom. The topological polar surface area (TPSA) is 91.7 Å². The standard InChI is InChI=1S/C21H20O5S/c1-12(2)16-11-18(13(3)19(20(16)22)21(23)24)27(25,26)17-10-6-8-14-7-4-5-9-15(14)17/h4-12,22H,1-3H3,(H,23,24). The van der Waals surface area contributed by atoms with Crippen molar-refractivity contribution in [3.8, 4) is 5.75 Å². The third-order valence-electron chi connectivity index (χ3n) is 4.71. The molecular formula is C21H20O5S. The molecule has 2 N–H and O–H groups in total. The van der Waals surface area contributed by atoms with Gasteiger partial charge in [0, 0.05) is 5.39 Å². The molecule has 0 spiro atoms. The molecule has 3 aromatic carbocycles. The van der Waals surface area contributed by atoms with Crippen LogP contribution in [0.15, 0.2) is 58.3 Å². The molecule has 0 saturated heterocycles. The van der Waals surface area contributed by atoms with Crippen LogP contribution in [-0.2, 0) is 9.84 Å². The monoisotopic (exact) mass is 384 g/mol. The van der Waals surface area contributed by atoms with Crippen molar-refractivity contribution in [2.75, 3.05) is 0 Å². The van der Waals surface area contributed by atoms with Gasteiger partial charge in [-0.1, -0.05) is 50.2 Å². The molecule has 5 nitrogen and oxygen atoms in total. The Labute approximate surface area is 157 Å². The van der Waals surface area contributed by atoms with Crippen LogP contribution in [0.2, 0.25) is 0 Å². The highest BCUT2D eigenvalue weighted by Crippen LogP contribution is 2.38. The number of carboxylic acids is 1. The number of hydrogen-bond acceptors (Lipinski definition) is 4. The van der Waals surface area contributed by atoms with E-state index in [0.717, 1.165) is 5.39 Å². The van der Waals surface area contributed by atoms with E-state index in [0.29, 0.717) is 5.39 Å². The molecule has 0 saturated carbocycles. The third kappa shape index (κ3) is 3.06. The number of carboxylic acid groups (broad SMARTS) is 1. The van der Waals surface area contributed by atoms with E-state index >= 15 is 0 Å². The Morgan fingerprint density at radius 1 is 1.00 bits per heavy atom. The van der Waals surface area contributed by atoms with Crippen LogP contribution in [0.5, 0.6) is 5.75 Å². The highest BCUT2D eigenvalue weighted by Gasteiger charge is 2.29. The van der Waals surface area contributed by atoms with Crippen molar-refractivity contribution in [3.05, 3.63) is 65.2 Å². The van der Waals surface area contributed by atoms with Crippen LogP contribution in [0.4, 0.5) is 0 Å². The minimum Gasteiger partial charge on any atom is -0.507 e. The SMILES string of the molecule is Cc1c(S(=O)(=O)c2cccc3ccccc23)cc(C(C)C)c(O)c1C(=O)O. The van der Waals surface area contributed by atoms with Crippen LogP contribution in [0.25, 0.3) is 10.8 Å². The molecule has 0 fully saturated rings. The summed E-state index contributed by atoms with van der Waals surface area (Å²) < 4.78 is 26.9. The van der Waals surface area contributed by atoms with Crippen molar-refractivity contribution in [2.24, 2.45) is 0 Å². The largest absolute Gasteiger partial charge is 0.507 e. The molecular weight excluding hydrogens is 364 g/mol. The number of fused-ring (bicyclic) bond motifs is 1. The van der Waals surface area contributed by atoms with Gasteiger partial charge in [-0.15, -0.1) is 0 Å². The number of aromatic hydroxyl groups is 1. The summed E-state index contributed by atoms with van der Waals surface area (Å²) in [5, 5.41) is 21.2. The van der Waals surface area contributed by atoms with E-state index in [2.05, 4.69) is 0 Å². The summed E-state index contributed by atoms with van der Waals surface area (Å²) in [6, 6.07) is 13.5. The zero-order chi connectivity index (χ0) is 19.9. The Kier molecular flexibility index (Phi) is 4.70. The van der Waals surface area contributed by atoms with Crippen LogP contribution < -0.4 is 0 Å². The Morgan fingerprint density at radius 3 is 2.26 bits per heavy atom. The quantitative estimate of drug-likeness (QED) is 0.691. The summed E-state index contributed by atoms with van der Waals surface area (Å²) in [5.74, 6) is -1.99. The van der Waals surface area contributed by atoms with E-state index in [9.17, 15) is 23.4 Å². The molecule has 0 aliphatic rings. The second kappa shape index (κ2) is 6.70. The van der Waals surface area contributed by atoms with E-state index in [1.54, 1.807) is 32.0 Å². The Hall–Kier alpha value is -2.86. The number of phenols is 1. The molecule has 0 heterocycles. The molecule has 0 unspecified atom stereocenters. The van der Waals surface area contributed by atoms with E-state index < -0.39 is 15.8 Å². The molecule has 6 heteroatoms. The van der Waals surface area contributed by atoms with Gasteiger partial charge in [0.1, 0.15) is 11.3 Å².